The Morgan fingerprint density at radius 2 is 2.29 bits per heavy atom. The Labute approximate surface area is 99.3 Å². The van der Waals surface area contributed by atoms with Gasteiger partial charge in [0.05, 0.1) is 11.5 Å². The lowest BCUT2D eigenvalue weighted by Gasteiger charge is -2.19. The molecule has 0 radical (unpaired) electrons. The lowest BCUT2D eigenvalue weighted by molar-refractivity contribution is 0.100. The Balaban J connectivity index is 2.03. The third-order valence-electron chi connectivity index (χ3n) is 2.80. The first-order chi connectivity index (χ1) is 7.96. The largest absolute Gasteiger partial charge is 0.339 e. The van der Waals surface area contributed by atoms with E-state index < -0.39 is 9.84 Å². The summed E-state index contributed by atoms with van der Waals surface area (Å²) in [6.07, 6.45) is 1.96. The van der Waals surface area contributed by atoms with Crippen LogP contribution in [0.25, 0.3) is 0 Å². The summed E-state index contributed by atoms with van der Waals surface area (Å²) in [6, 6.07) is 0. The quantitative estimate of drug-likeness (QED) is 0.739. The molecule has 0 amide bonds. The Hall–Kier alpha value is -1.24. The molecule has 2 heterocycles. The van der Waals surface area contributed by atoms with Gasteiger partial charge in [-0.1, -0.05) is 5.16 Å². The highest BCUT2D eigenvalue weighted by Gasteiger charge is 2.26. The molecule has 1 fully saturated rings. The first-order valence-electron chi connectivity index (χ1n) is 5.50. The molecule has 1 aliphatic rings. The fourth-order valence-corrected chi connectivity index (χ4v) is 3.78. The number of ketones is 1. The number of carbonyl (C=O) groups is 1. The van der Waals surface area contributed by atoms with Crippen LogP contribution in [0.2, 0.25) is 0 Å². The normalized spacial score (nSPS) is 23.5. The minimum absolute atomic E-state index is 0.0222. The van der Waals surface area contributed by atoms with Crippen LogP contribution in [-0.2, 0) is 16.3 Å². The van der Waals surface area contributed by atoms with Crippen LogP contribution < -0.4 is 0 Å². The number of Topliss-reactive ketones (excluding diaryl/α,β-unsaturated/α-hetero) is 1. The summed E-state index contributed by atoms with van der Waals surface area (Å²) in [4.78, 5) is 14.9. The third kappa shape index (κ3) is 3.12. The van der Waals surface area contributed by atoms with Crippen LogP contribution in [0.3, 0.4) is 0 Å². The van der Waals surface area contributed by atoms with Crippen molar-refractivity contribution in [2.75, 3.05) is 11.5 Å². The van der Waals surface area contributed by atoms with Crippen LogP contribution in [0, 0.1) is 5.92 Å². The van der Waals surface area contributed by atoms with E-state index in [1.165, 1.54) is 6.92 Å². The molecule has 0 bridgehead atoms. The van der Waals surface area contributed by atoms with Gasteiger partial charge in [0.25, 0.3) is 0 Å². The minimum Gasteiger partial charge on any atom is -0.339 e. The SMILES string of the molecule is CC(=O)c1noc(CC2CCCS(=O)(=O)C2)n1. The summed E-state index contributed by atoms with van der Waals surface area (Å²) in [7, 11) is -2.92. The van der Waals surface area contributed by atoms with Gasteiger partial charge in [-0.15, -0.1) is 0 Å². The van der Waals surface area contributed by atoms with E-state index in [1.807, 2.05) is 0 Å². The first-order valence-corrected chi connectivity index (χ1v) is 7.32. The molecule has 1 aliphatic heterocycles. The molecule has 2 rings (SSSR count). The van der Waals surface area contributed by atoms with Gasteiger partial charge < -0.3 is 4.52 Å². The summed E-state index contributed by atoms with van der Waals surface area (Å²) >= 11 is 0. The number of aromatic nitrogens is 2. The summed E-state index contributed by atoms with van der Waals surface area (Å²) in [5, 5.41) is 3.53. The molecule has 7 heteroatoms. The smallest absolute Gasteiger partial charge is 0.238 e. The average Bonchev–Trinajstić information content (AvgIpc) is 2.64. The van der Waals surface area contributed by atoms with Crippen LogP contribution in [0.15, 0.2) is 4.52 Å². The highest BCUT2D eigenvalue weighted by atomic mass is 32.2. The third-order valence-corrected chi connectivity index (χ3v) is 4.69. The maximum atomic E-state index is 11.4. The molecule has 0 spiro atoms. The molecule has 1 aromatic rings. The maximum absolute atomic E-state index is 11.4. The summed E-state index contributed by atoms with van der Waals surface area (Å²) in [5.74, 6) is 0.609. The van der Waals surface area contributed by atoms with Crippen LogP contribution >= 0.6 is 0 Å². The fourth-order valence-electron chi connectivity index (χ4n) is 2.01. The number of nitrogens with zero attached hydrogens (tertiary/aromatic N) is 2. The van der Waals surface area contributed by atoms with Crippen molar-refractivity contribution in [2.24, 2.45) is 5.92 Å². The van der Waals surface area contributed by atoms with Crippen molar-refractivity contribution in [3.8, 4) is 0 Å². The summed E-state index contributed by atoms with van der Waals surface area (Å²) in [5.41, 5.74) is 0. The maximum Gasteiger partial charge on any atom is 0.238 e. The van der Waals surface area contributed by atoms with Crippen molar-refractivity contribution in [3.63, 3.8) is 0 Å². The van der Waals surface area contributed by atoms with Crippen molar-refractivity contribution in [2.45, 2.75) is 26.2 Å². The van der Waals surface area contributed by atoms with E-state index in [0.717, 1.165) is 6.42 Å². The van der Waals surface area contributed by atoms with Crippen molar-refractivity contribution in [1.82, 2.24) is 10.1 Å². The monoisotopic (exact) mass is 258 g/mol. The Kier molecular flexibility index (Phi) is 3.28. The average molecular weight is 258 g/mol. The fraction of sp³-hybridized carbons (Fsp3) is 0.700. The molecular weight excluding hydrogens is 244 g/mol. The van der Waals surface area contributed by atoms with Gasteiger partial charge in [0.2, 0.25) is 17.5 Å². The van der Waals surface area contributed by atoms with E-state index in [2.05, 4.69) is 10.1 Å². The van der Waals surface area contributed by atoms with Crippen molar-refractivity contribution >= 4 is 15.6 Å². The molecule has 0 aromatic carbocycles. The highest BCUT2D eigenvalue weighted by molar-refractivity contribution is 7.91. The number of hydrogen-bond acceptors (Lipinski definition) is 6. The van der Waals surface area contributed by atoms with Crippen molar-refractivity contribution < 1.29 is 17.7 Å². The zero-order valence-electron chi connectivity index (χ0n) is 9.55. The van der Waals surface area contributed by atoms with Crippen molar-refractivity contribution in [1.29, 1.82) is 0 Å². The van der Waals surface area contributed by atoms with E-state index in [1.54, 1.807) is 0 Å². The zero-order valence-corrected chi connectivity index (χ0v) is 10.4. The molecule has 94 valence electrons. The number of carbonyl (C=O) groups excluding carboxylic acids is 1. The molecular formula is C10H14N2O4S. The lowest BCUT2D eigenvalue weighted by atomic mass is 10.0. The van der Waals surface area contributed by atoms with Gasteiger partial charge in [-0.25, -0.2) is 8.42 Å². The standard InChI is InChI=1S/C10H14N2O4S/c1-7(13)10-11-9(16-12-10)5-8-3-2-4-17(14,15)6-8/h8H,2-6H2,1H3. The van der Waals surface area contributed by atoms with Crippen LogP contribution in [0.1, 0.15) is 36.3 Å². The molecule has 1 unspecified atom stereocenters. The van der Waals surface area contributed by atoms with Gasteiger partial charge in [0.15, 0.2) is 9.84 Å². The molecule has 0 saturated carbocycles. The minimum atomic E-state index is -2.92. The van der Waals surface area contributed by atoms with E-state index in [0.29, 0.717) is 18.7 Å². The molecule has 0 N–H and O–H groups in total. The van der Waals surface area contributed by atoms with Crippen LogP contribution in [-0.4, -0.2) is 35.8 Å². The second-order valence-electron chi connectivity index (χ2n) is 4.39. The molecule has 6 nitrogen and oxygen atoms in total. The zero-order chi connectivity index (χ0) is 12.5. The van der Waals surface area contributed by atoms with E-state index >= 15 is 0 Å². The van der Waals surface area contributed by atoms with Gasteiger partial charge in [0, 0.05) is 13.3 Å². The van der Waals surface area contributed by atoms with Gasteiger partial charge in [-0.05, 0) is 18.8 Å². The summed E-state index contributed by atoms with van der Waals surface area (Å²) < 4.78 is 27.8. The van der Waals surface area contributed by atoms with E-state index in [4.69, 9.17) is 4.52 Å². The molecule has 0 aliphatic carbocycles. The predicted octanol–water partition coefficient (Wildman–Crippen LogP) is 0.639. The second kappa shape index (κ2) is 4.56. The van der Waals surface area contributed by atoms with Crippen LogP contribution in [0.4, 0.5) is 0 Å². The topological polar surface area (TPSA) is 90.1 Å². The van der Waals surface area contributed by atoms with Crippen LogP contribution in [0.5, 0.6) is 0 Å². The van der Waals surface area contributed by atoms with Gasteiger partial charge in [-0.2, -0.15) is 4.98 Å². The predicted molar refractivity (Wildman–Crippen MR) is 59.4 cm³/mol. The Morgan fingerprint density at radius 1 is 1.53 bits per heavy atom. The number of rotatable bonds is 3. The van der Waals surface area contributed by atoms with E-state index in [9.17, 15) is 13.2 Å². The lowest BCUT2D eigenvalue weighted by Crippen LogP contribution is -2.26. The van der Waals surface area contributed by atoms with Gasteiger partial charge in [0.1, 0.15) is 0 Å². The molecule has 1 atom stereocenters. The Morgan fingerprint density at radius 3 is 2.88 bits per heavy atom. The molecule has 1 saturated heterocycles. The molecule has 17 heavy (non-hydrogen) atoms. The van der Waals surface area contributed by atoms with Gasteiger partial charge >= 0.3 is 0 Å². The van der Waals surface area contributed by atoms with E-state index in [-0.39, 0.29) is 29.0 Å². The number of sulfone groups is 1. The Bertz CT molecular complexity index is 520. The van der Waals surface area contributed by atoms with Gasteiger partial charge in [-0.3, -0.25) is 4.79 Å². The number of hydrogen-bond donors (Lipinski definition) is 0. The highest BCUT2D eigenvalue weighted by Crippen LogP contribution is 2.21. The molecule has 1 aromatic heterocycles. The summed E-state index contributed by atoms with van der Waals surface area (Å²) in [6.45, 7) is 1.36. The first kappa shape index (κ1) is 12.2. The van der Waals surface area contributed by atoms with Crippen molar-refractivity contribution in [3.05, 3.63) is 11.7 Å². The second-order valence-corrected chi connectivity index (χ2v) is 6.62.